The molecule has 0 bridgehead atoms. The van der Waals surface area contributed by atoms with Gasteiger partial charge < -0.3 is 0 Å². The smallest absolute Gasteiger partial charge is 0.266 e. The molecule has 22 heavy (non-hydrogen) atoms. The van der Waals surface area contributed by atoms with E-state index in [2.05, 4.69) is 19.9 Å². The summed E-state index contributed by atoms with van der Waals surface area (Å²) in [6.45, 7) is 1.84. The van der Waals surface area contributed by atoms with E-state index in [1.54, 1.807) is 42.2 Å². The number of pyridine rings is 1. The molecule has 0 aliphatic carbocycles. The van der Waals surface area contributed by atoms with Crippen LogP contribution in [0.3, 0.4) is 0 Å². The molecule has 0 spiro atoms. The fourth-order valence-corrected chi connectivity index (χ4v) is 2.78. The van der Waals surface area contributed by atoms with Gasteiger partial charge in [-0.15, -0.1) is 0 Å². The minimum atomic E-state index is -3.74. The summed E-state index contributed by atoms with van der Waals surface area (Å²) in [5.41, 5.74) is 0.849. The van der Waals surface area contributed by atoms with E-state index >= 15 is 0 Å². The number of aryl methyl sites for hydroxylation is 2. The number of sulfonamides is 1. The minimum absolute atomic E-state index is 0.0430. The maximum Gasteiger partial charge on any atom is 0.266 e. The predicted octanol–water partition coefficient (Wildman–Crippen LogP) is 1.11. The van der Waals surface area contributed by atoms with Crippen molar-refractivity contribution >= 4 is 15.8 Å². The second-order valence-electron chi connectivity index (χ2n) is 4.71. The summed E-state index contributed by atoms with van der Waals surface area (Å²) in [5.74, 6) is 0.809. The van der Waals surface area contributed by atoms with Gasteiger partial charge in [0.05, 0.1) is 12.4 Å². The summed E-state index contributed by atoms with van der Waals surface area (Å²) in [7, 11) is -2.00. The third-order valence-corrected chi connectivity index (χ3v) is 4.42. The summed E-state index contributed by atoms with van der Waals surface area (Å²) in [5, 5.41) is 8.10. The Morgan fingerprint density at radius 3 is 2.73 bits per heavy atom. The van der Waals surface area contributed by atoms with Crippen LogP contribution in [-0.4, -0.2) is 33.0 Å². The van der Waals surface area contributed by atoms with Gasteiger partial charge in [-0.25, -0.2) is 18.1 Å². The number of rotatable bonds is 4. The van der Waals surface area contributed by atoms with Gasteiger partial charge in [0.15, 0.2) is 11.6 Å². The van der Waals surface area contributed by atoms with Crippen LogP contribution in [0.15, 0.2) is 47.8 Å². The molecule has 0 unspecified atom stereocenters. The van der Waals surface area contributed by atoms with Crippen molar-refractivity contribution in [1.82, 2.24) is 24.5 Å². The van der Waals surface area contributed by atoms with E-state index in [0.717, 1.165) is 5.69 Å². The topological polar surface area (TPSA) is 94.7 Å². The predicted molar refractivity (Wildman–Crippen MR) is 80.1 cm³/mol. The molecule has 0 aliphatic rings. The number of nitrogens with one attached hydrogen (secondary N) is 1. The number of anilines is 1. The monoisotopic (exact) mass is 318 g/mol. The summed E-state index contributed by atoms with van der Waals surface area (Å²) in [6, 6.07) is 6.96. The third kappa shape index (κ3) is 2.70. The molecule has 3 heterocycles. The highest BCUT2D eigenvalue weighted by molar-refractivity contribution is 7.92. The fourth-order valence-electron chi connectivity index (χ4n) is 1.87. The SMILES string of the molecule is Cc1cc(NS(=O)(=O)c2cnn(-c3ccccn3)c2)nn1C. The molecule has 0 saturated carbocycles. The van der Waals surface area contributed by atoms with Gasteiger partial charge in [-0.1, -0.05) is 6.07 Å². The Balaban J connectivity index is 1.88. The summed E-state index contributed by atoms with van der Waals surface area (Å²) < 4.78 is 30.1. The van der Waals surface area contributed by atoms with E-state index in [1.165, 1.54) is 17.1 Å². The Labute approximate surface area is 127 Å². The molecule has 0 fully saturated rings. The maximum absolute atomic E-state index is 12.3. The molecule has 0 saturated heterocycles. The van der Waals surface area contributed by atoms with Gasteiger partial charge >= 0.3 is 0 Å². The molecule has 3 aromatic rings. The molecule has 0 radical (unpaired) electrons. The molecule has 0 aromatic carbocycles. The quantitative estimate of drug-likeness (QED) is 0.777. The maximum atomic E-state index is 12.3. The molecule has 0 atom stereocenters. The first-order chi connectivity index (χ1) is 10.5. The lowest BCUT2D eigenvalue weighted by atomic mass is 10.5. The van der Waals surface area contributed by atoms with Crippen LogP contribution in [0.25, 0.3) is 5.82 Å². The van der Waals surface area contributed by atoms with Gasteiger partial charge in [0.1, 0.15) is 4.90 Å². The van der Waals surface area contributed by atoms with Crippen molar-refractivity contribution in [2.45, 2.75) is 11.8 Å². The highest BCUT2D eigenvalue weighted by atomic mass is 32.2. The van der Waals surface area contributed by atoms with Crippen LogP contribution in [0.5, 0.6) is 0 Å². The molecule has 3 aromatic heterocycles. The minimum Gasteiger partial charge on any atom is -0.271 e. The molecule has 0 aliphatic heterocycles. The van der Waals surface area contributed by atoms with Gasteiger partial charge in [0.25, 0.3) is 10.0 Å². The number of hydrogen-bond donors (Lipinski definition) is 1. The van der Waals surface area contributed by atoms with E-state index in [4.69, 9.17) is 0 Å². The van der Waals surface area contributed by atoms with Gasteiger partial charge in [-0.3, -0.25) is 9.40 Å². The zero-order chi connectivity index (χ0) is 15.7. The van der Waals surface area contributed by atoms with Crippen LogP contribution in [0.2, 0.25) is 0 Å². The first-order valence-corrected chi connectivity index (χ1v) is 7.93. The Morgan fingerprint density at radius 1 is 1.27 bits per heavy atom. The van der Waals surface area contributed by atoms with Crippen LogP contribution in [0.4, 0.5) is 5.82 Å². The summed E-state index contributed by atoms with van der Waals surface area (Å²) >= 11 is 0. The first-order valence-electron chi connectivity index (χ1n) is 6.45. The molecule has 114 valence electrons. The molecule has 0 amide bonds. The average molecular weight is 318 g/mol. The molecule has 3 rings (SSSR count). The van der Waals surface area contributed by atoms with Crippen LogP contribution >= 0.6 is 0 Å². The molecular weight excluding hydrogens is 304 g/mol. The van der Waals surface area contributed by atoms with Crippen molar-refractivity contribution in [3.63, 3.8) is 0 Å². The first kappa shape index (κ1) is 14.3. The Kier molecular flexibility index (Phi) is 3.41. The van der Waals surface area contributed by atoms with Crippen LogP contribution < -0.4 is 4.72 Å². The Bertz CT molecular complexity index is 878. The van der Waals surface area contributed by atoms with Crippen LogP contribution in [-0.2, 0) is 17.1 Å². The van der Waals surface area contributed by atoms with Crippen molar-refractivity contribution in [3.8, 4) is 5.82 Å². The highest BCUT2D eigenvalue weighted by Crippen LogP contribution is 2.16. The van der Waals surface area contributed by atoms with E-state index in [1.807, 2.05) is 6.92 Å². The van der Waals surface area contributed by atoms with Gasteiger partial charge in [-0.05, 0) is 19.1 Å². The lowest BCUT2D eigenvalue weighted by Crippen LogP contribution is -2.13. The number of nitrogens with zero attached hydrogens (tertiary/aromatic N) is 5. The van der Waals surface area contributed by atoms with Crippen molar-refractivity contribution in [2.75, 3.05) is 4.72 Å². The zero-order valence-electron chi connectivity index (χ0n) is 12.0. The average Bonchev–Trinajstić information content (AvgIpc) is 3.08. The summed E-state index contributed by atoms with van der Waals surface area (Å²) in [6.07, 6.45) is 4.29. The largest absolute Gasteiger partial charge is 0.271 e. The van der Waals surface area contributed by atoms with E-state index in [9.17, 15) is 8.42 Å². The number of aromatic nitrogens is 5. The van der Waals surface area contributed by atoms with Crippen molar-refractivity contribution in [3.05, 3.63) is 48.5 Å². The van der Waals surface area contributed by atoms with Gasteiger partial charge in [0, 0.05) is 25.0 Å². The highest BCUT2D eigenvalue weighted by Gasteiger charge is 2.18. The Morgan fingerprint density at radius 2 is 2.09 bits per heavy atom. The van der Waals surface area contributed by atoms with Crippen molar-refractivity contribution in [2.24, 2.45) is 7.05 Å². The lowest BCUT2D eigenvalue weighted by Gasteiger charge is -2.02. The summed E-state index contributed by atoms with van der Waals surface area (Å²) in [4.78, 5) is 4.16. The second-order valence-corrected chi connectivity index (χ2v) is 6.39. The lowest BCUT2D eigenvalue weighted by molar-refractivity contribution is 0.601. The molecule has 9 heteroatoms. The van der Waals surface area contributed by atoms with E-state index < -0.39 is 10.0 Å². The Hall–Kier alpha value is -2.68. The standard InChI is InChI=1S/C13H14N6O2S/c1-10-7-12(16-18(10)2)17-22(20,21)11-8-15-19(9-11)13-5-3-4-6-14-13/h3-9H,1-2H3,(H,16,17). The van der Waals surface area contributed by atoms with Crippen LogP contribution in [0, 0.1) is 6.92 Å². The van der Waals surface area contributed by atoms with Gasteiger partial charge in [-0.2, -0.15) is 10.2 Å². The molecule has 1 N–H and O–H groups in total. The van der Waals surface area contributed by atoms with Crippen LogP contribution in [0.1, 0.15) is 5.69 Å². The zero-order valence-corrected chi connectivity index (χ0v) is 12.8. The molecular formula is C13H14N6O2S. The fraction of sp³-hybridized carbons (Fsp3) is 0.154. The van der Waals surface area contributed by atoms with E-state index in [0.29, 0.717) is 5.82 Å². The van der Waals surface area contributed by atoms with E-state index in [-0.39, 0.29) is 10.7 Å². The normalized spacial score (nSPS) is 11.5. The van der Waals surface area contributed by atoms with Gasteiger partial charge in [0.2, 0.25) is 0 Å². The van der Waals surface area contributed by atoms with Crippen molar-refractivity contribution < 1.29 is 8.42 Å². The number of hydrogen-bond acceptors (Lipinski definition) is 5. The third-order valence-electron chi connectivity index (χ3n) is 3.11. The molecule has 8 nitrogen and oxygen atoms in total. The van der Waals surface area contributed by atoms with Crippen molar-refractivity contribution in [1.29, 1.82) is 0 Å². The second kappa shape index (κ2) is 5.26.